The highest BCUT2D eigenvalue weighted by molar-refractivity contribution is 7.54. The van der Waals surface area contributed by atoms with E-state index in [0.29, 0.717) is 23.7 Å². The number of fused-ring (bicyclic) bond motifs is 1. The van der Waals surface area contributed by atoms with Crippen molar-refractivity contribution < 1.29 is 22.7 Å². The van der Waals surface area contributed by atoms with Crippen molar-refractivity contribution in [3.63, 3.8) is 0 Å². The molecule has 3 rings (SSSR count). The summed E-state index contributed by atoms with van der Waals surface area (Å²) in [5, 5.41) is 3.63. The molecule has 6 nitrogen and oxygen atoms in total. The fraction of sp³-hybridized carbons (Fsp3) is 0.381. The van der Waals surface area contributed by atoms with E-state index < -0.39 is 19.2 Å². The van der Waals surface area contributed by atoms with Gasteiger partial charge in [-0.05, 0) is 37.1 Å². The smallest absolute Gasteiger partial charge is 0.357 e. The van der Waals surface area contributed by atoms with Crippen molar-refractivity contribution in [3.05, 3.63) is 53.8 Å². The van der Waals surface area contributed by atoms with E-state index >= 15 is 0 Å². The summed E-state index contributed by atoms with van der Waals surface area (Å²) in [6.45, 7) is 4.31. The second kappa shape index (κ2) is 10.4. The number of rotatable bonds is 11. The highest BCUT2D eigenvalue weighted by Crippen LogP contribution is 2.61. The molecule has 0 fully saturated rings. The fourth-order valence-corrected chi connectivity index (χ4v) is 5.95. The Balaban J connectivity index is 2.02. The monoisotopic (exact) mass is 452 g/mol. The Morgan fingerprint density at radius 3 is 2.47 bits per heavy atom. The van der Waals surface area contributed by atoms with Crippen LogP contribution in [-0.2, 0) is 13.6 Å². The van der Waals surface area contributed by atoms with Crippen LogP contribution in [0.25, 0.3) is 10.2 Å². The summed E-state index contributed by atoms with van der Waals surface area (Å²) in [5.74, 6) is -0.802. The molecule has 9 heteroatoms. The number of thiazole rings is 1. The molecule has 0 spiro atoms. The summed E-state index contributed by atoms with van der Waals surface area (Å²) in [4.78, 5) is 4.55. The molecule has 0 saturated heterocycles. The van der Waals surface area contributed by atoms with Crippen LogP contribution in [0.4, 0.5) is 9.52 Å². The van der Waals surface area contributed by atoms with E-state index in [0.717, 1.165) is 10.2 Å². The van der Waals surface area contributed by atoms with Crippen molar-refractivity contribution in [2.75, 3.05) is 25.6 Å². The Morgan fingerprint density at radius 1 is 1.13 bits per heavy atom. The second-order valence-electron chi connectivity index (χ2n) is 6.63. The van der Waals surface area contributed by atoms with Crippen LogP contribution in [0.15, 0.2) is 42.5 Å². The van der Waals surface area contributed by atoms with Gasteiger partial charge < -0.3 is 19.1 Å². The Hall–Kier alpha value is -1.99. The third-order valence-corrected chi connectivity index (χ3v) is 7.40. The molecule has 30 heavy (non-hydrogen) atoms. The maximum atomic E-state index is 14.7. The third-order valence-electron chi connectivity index (χ3n) is 4.32. The minimum absolute atomic E-state index is 0.213. The predicted molar refractivity (Wildman–Crippen MR) is 119 cm³/mol. The normalized spacial score (nSPS) is 12.8. The van der Waals surface area contributed by atoms with Crippen LogP contribution in [0.5, 0.6) is 5.75 Å². The van der Waals surface area contributed by atoms with E-state index in [-0.39, 0.29) is 18.8 Å². The Kier molecular flexibility index (Phi) is 7.83. The quantitative estimate of drug-likeness (QED) is 0.331. The van der Waals surface area contributed by atoms with Gasteiger partial charge in [-0.2, -0.15) is 0 Å². The summed E-state index contributed by atoms with van der Waals surface area (Å²) in [7, 11) is -2.15. The lowest BCUT2D eigenvalue weighted by Crippen LogP contribution is -2.17. The van der Waals surface area contributed by atoms with Crippen molar-refractivity contribution in [2.45, 2.75) is 32.5 Å². The lowest BCUT2D eigenvalue weighted by atomic mass is 10.2. The van der Waals surface area contributed by atoms with Crippen LogP contribution in [0, 0.1) is 5.82 Å². The number of nitrogens with one attached hydrogen (secondary N) is 1. The molecule has 1 aromatic heterocycles. The molecule has 1 atom stereocenters. The van der Waals surface area contributed by atoms with Crippen LogP contribution in [-0.4, -0.2) is 25.3 Å². The maximum absolute atomic E-state index is 14.7. The van der Waals surface area contributed by atoms with E-state index in [4.69, 9.17) is 13.8 Å². The molecule has 0 saturated carbocycles. The standard InChI is InChI=1S/C21H26FN2O4PS/c1-4-12-27-29(25,28-13-5-2)20(16-8-6-7-9-17(16)22)24-21-23-18-11-10-15(26-3)14-19(18)30-21/h6-11,14,20H,4-5,12-13H2,1-3H3,(H,23,24). The topological polar surface area (TPSA) is 69.7 Å². The molecule has 1 unspecified atom stereocenters. The number of anilines is 1. The molecule has 0 bridgehead atoms. The van der Waals surface area contributed by atoms with E-state index in [1.807, 2.05) is 32.0 Å². The number of ether oxygens (including phenoxy) is 1. The average Bonchev–Trinajstić information content (AvgIpc) is 3.17. The first-order valence-corrected chi connectivity index (χ1v) is 12.3. The summed E-state index contributed by atoms with van der Waals surface area (Å²) in [6, 6.07) is 11.7. The van der Waals surface area contributed by atoms with Gasteiger partial charge in [0.2, 0.25) is 0 Å². The minimum Gasteiger partial charge on any atom is -0.497 e. The van der Waals surface area contributed by atoms with Crippen molar-refractivity contribution in [1.29, 1.82) is 0 Å². The number of nitrogens with zero attached hydrogens (tertiary/aromatic N) is 1. The van der Waals surface area contributed by atoms with Gasteiger partial charge in [-0.15, -0.1) is 0 Å². The zero-order chi connectivity index (χ0) is 21.6. The highest BCUT2D eigenvalue weighted by Gasteiger charge is 2.39. The van der Waals surface area contributed by atoms with Gasteiger partial charge in [-0.1, -0.05) is 43.4 Å². The number of hydrogen-bond acceptors (Lipinski definition) is 7. The summed E-state index contributed by atoms with van der Waals surface area (Å²) < 4.78 is 46.1. The zero-order valence-corrected chi connectivity index (χ0v) is 19.0. The first-order chi connectivity index (χ1) is 14.5. The van der Waals surface area contributed by atoms with Crippen LogP contribution in [0.3, 0.4) is 0 Å². The van der Waals surface area contributed by atoms with E-state index in [2.05, 4.69) is 10.3 Å². The number of benzene rings is 2. The van der Waals surface area contributed by atoms with Gasteiger partial charge in [-0.25, -0.2) is 9.37 Å². The first kappa shape index (κ1) is 22.7. The maximum Gasteiger partial charge on any atom is 0.357 e. The number of hydrogen-bond donors (Lipinski definition) is 1. The van der Waals surface area contributed by atoms with Crippen LogP contribution in [0.1, 0.15) is 38.0 Å². The van der Waals surface area contributed by atoms with Gasteiger partial charge in [0, 0.05) is 5.56 Å². The Labute approximate surface area is 179 Å². The van der Waals surface area contributed by atoms with E-state index in [9.17, 15) is 8.96 Å². The molecular formula is C21H26FN2O4PS. The van der Waals surface area contributed by atoms with Gasteiger partial charge >= 0.3 is 7.60 Å². The molecule has 2 aromatic carbocycles. The molecule has 162 valence electrons. The van der Waals surface area contributed by atoms with Crippen molar-refractivity contribution in [3.8, 4) is 5.75 Å². The van der Waals surface area contributed by atoms with Gasteiger partial charge in [0.25, 0.3) is 0 Å². The molecular weight excluding hydrogens is 426 g/mol. The summed E-state index contributed by atoms with van der Waals surface area (Å²) in [6.07, 6.45) is 1.31. The minimum atomic E-state index is -3.74. The highest BCUT2D eigenvalue weighted by atomic mass is 32.1. The molecule has 0 aliphatic carbocycles. The molecule has 0 amide bonds. The molecule has 1 N–H and O–H groups in total. The summed E-state index contributed by atoms with van der Waals surface area (Å²) >= 11 is 1.36. The molecule has 0 aliphatic rings. The third kappa shape index (κ3) is 5.19. The van der Waals surface area contributed by atoms with Gasteiger partial charge in [0.1, 0.15) is 11.6 Å². The zero-order valence-electron chi connectivity index (χ0n) is 17.3. The average molecular weight is 452 g/mol. The second-order valence-corrected chi connectivity index (χ2v) is 9.77. The number of halogens is 1. The largest absolute Gasteiger partial charge is 0.497 e. The van der Waals surface area contributed by atoms with Crippen molar-refractivity contribution in [2.24, 2.45) is 0 Å². The van der Waals surface area contributed by atoms with Gasteiger partial charge in [-0.3, -0.25) is 4.57 Å². The van der Waals surface area contributed by atoms with Gasteiger partial charge in [0.05, 0.1) is 30.5 Å². The number of aromatic nitrogens is 1. The van der Waals surface area contributed by atoms with Crippen LogP contribution in [0.2, 0.25) is 0 Å². The predicted octanol–water partition coefficient (Wildman–Crippen LogP) is 6.60. The van der Waals surface area contributed by atoms with Crippen molar-refractivity contribution in [1.82, 2.24) is 4.98 Å². The van der Waals surface area contributed by atoms with Crippen LogP contribution < -0.4 is 10.1 Å². The lowest BCUT2D eigenvalue weighted by Gasteiger charge is -2.28. The Morgan fingerprint density at radius 2 is 1.83 bits per heavy atom. The molecule has 0 aliphatic heterocycles. The number of methoxy groups -OCH3 is 1. The first-order valence-electron chi connectivity index (χ1n) is 9.85. The molecule has 3 aromatic rings. The van der Waals surface area contributed by atoms with Gasteiger partial charge in [0.15, 0.2) is 10.9 Å². The lowest BCUT2D eigenvalue weighted by molar-refractivity contribution is 0.198. The van der Waals surface area contributed by atoms with E-state index in [1.165, 1.54) is 17.4 Å². The molecule has 0 radical (unpaired) electrons. The SMILES string of the molecule is CCCOP(=O)(OCCC)C(Nc1nc2ccc(OC)cc2s1)c1ccccc1F. The van der Waals surface area contributed by atoms with Crippen LogP contribution >= 0.6 is 18.9 Å². The van der Waals surface area contributed by atoms with Crippen molar-refractivity contribution >= 4 is 34.3 Å². The summed E-state index contributed by atoms with van der Waals surface area (Å²) in [5.41, 5.74) is 0.972. The Bertz CT molecular complexity index is 1020. The van der Waals surface area contributed by atoms with E-state index in [1.54, 1.807) is 25.3 Å². The fourth-order valence-electron chi connectivity index (χ4n) is 2.86. The molecule has 1 heterocycles.